The number of aromatic nitrogens is 1. The molecule has 7 rings (SSSR count). The normalized spacial score (nSPS) is 20.6. The lowest BCUT2D eigenvalue weighted by Crippen LogP contribution is -2.55. The minimum atomic E-state index is -0.297. The highest BCUT2D eigenvalue weighted by Gasteiger charge is 2.37. The Morgan fingerprint density at radius 1 is 1.04 bits per heavy atom. The van der Waals surface area contributed by atoms with E-state index in [1.54, 1.807) is 4.90 Å². The van der Waals surface area contributed by atoms with Gasteiger partial charge in [-0.2, -0.15) is 10.5 Å². The van der Waals surface area contributed by atoms with Crippen LogP contribution >= 0.6 is 0 Å². The topological polar surface area (TPSA) is 99.7 Å². The fourth-order valence-electron chi connectivity index (χ4n) is 7.75. The number of amides is 1. The van der Waals surface area contributed by atoms with E-state index < -0.39 is 0 Å². The van der Waals surface area contributed by atoms with Crippen LogP contribution in [-0.2, 0) is 17.8 Å². The lowest BCUT2D eigenvalue weighted by molar-refractivity contribution is -0.128. The zero-order valence-electron chi connectivity index (χ0n) is 26.6. The third-order valence-electron chi connectivity index (χ3n) is 10.2. The number of carbonyl (C=O) groups is 1. The first-order chi connectivity index (χ1) is 22.5. The molecule has 9 nitrogen and oxygen atoms in total. The maximum atomic E-state index is 12.7. The van der Waals surface area contributed by atoms with Crippen molar-refractivity contribution in [2.45, 2.75) is 70.2 Å². The Bertz CT molecular complexity index is 1740. The van der Waals surface area contributed by atoms with E-state index in [0.717, 1.165) is 61.9 Å². The Morgan fingerprint density at radius 2 is 1.83 bits per heavy atom. The number of benzene rings is 2. The average Bonchev–Trinajstić information content (AvgIpc) is 3.93. The first-order valence-electron chi connectivity index (χ1n) is 16.6. The number of hydrogen-bond acceptors (Lipinski definition) is 8. The van der Waals surface area contributed by atoms with Gasteiger partial charge in [0.2, 0.25) is 11.8 Å². The lowest BCUT2D eigenvalue weighted by Gasteiger charge is -2.43. The molecule has 3 fully saturated rings. The van der Waals surface area contributed by atoms with Crippen molar-refractivity contribution in [1.29, 1.82) is 10.5 Å². The van der Waals surface area contributed by atoms with Crippen molar-refractivity contribution in [2.24, 2.45) is 0 Å². The molecule has 9 heteroatoms. The summed E-state index contributed by atoms with van der Waals surface area (Å²) in [4.78, 5) is 26.7. The van der Waals surface area contributed by atoms with Gasteiger partial charge >= 0.3 is 0 Å². The summed E-state index contributed by atoms with van der Waals surface area (Å²) in [7, 11) is 0. The van der Waals surface area contributed by atoms with E-state index in [-0.39, 0.29) is 24.5 Å². The van der Waals surface area contributed by atoms with Crippen LogP contribution in [-0.4, -0.2) is 78.1 Å². The number of nitriles is 2. The first kappa shape index (κ1) is 30.1. The number of pyridine rings is 1. The summed E-state index contributed by atoms with van der Waals surface area (Å²) >= 11 is 0. The Kier molecular flexibility index (Phi) is 8.27. The molecule has 0 unspecified atom stereocenters. The Morgan fingerprint density at radius 3 is 2.54 bits per heavy atom. The van der Waals surface area contributed by atoms with Crippen molar-refractivity contribution in [2.75, 3.05) is 49.1 Å². The highest BCUT2D eigenvalue weighted by molar-refractivity contribution is 5.97. The molecule has 0 spiro atoms. The molecule has 2 saturated heterocycles. The van der Waals surface area contributed by atoms with Crippen LogP contribution in [0.2, 0.25) is 0 Å². The van der Waals surface area contributed by atoms with E-state index in [1.807, 2.05) is 0 Å². The number of aryl methyl sites for hydroxylation is 1. The van der Waals surface area contributed by atoms with Crippen molar-refractivity contribution in [3.63, 3.8) is 0 Å². The zero-order valence-corrected chi connectivity index (χ0v) is 26.6. The number of likely N-dealkylation sites (tertiary alicyclic amines) is 1. The molecule has 3 aromatic rings. The number of fused-ring (bicyclic) bond motifs is 2. The molecule has 4 heterocycles. The van der Waals surface area contributed by atoms with Crippen molar-refractivity contribution in [3.8, 4) is 18.0 Å². The van der Waals surface area contributed by atoms with Crippen LogP contribution in [0.1, 0.15) is 54.5 Å². The molecule has 1 amide bonds. The van der Waals surface area contributed by atoms with Crippen molar-refractivity contribution in [1.82, 2.24) is 14.8 Å². The molecule has 2 aromatic carbocycles. The fraction of sp³-hybridized carbons (Fsp3) is 0.459. The fourth-order valence-corrected chi connectivity index (χ4v) is 7.75. The molecular weight excluding hydrogens is 574 g/mol. The van der Waals surface area contributed by atoms with Gasteiger partial charge in [0.15, 0.2) is 0 Å². The highest BCUT2D eigenvalue weighted by atomic mass is 16.5. The number of hydrogen-bond donors (Lipinski definition) is 0. The Labute approximate surface area is 271 Å². The van der Waals surface area contributed by atoms with Gasteiger partial charge in [-0.05, 0) is 62.1 Å². The van der Waals surface area contributed by atoms with Crippen molar-refractivity contribution >= 4 is 28.1 Å². The number of ether oxygens (including phenoxy) is 1. The predicted octanol–water partition coefficient (Wildman–Crippen LogP) is 5.10. The predicted molar refractivity (Wildman–Crippen MR) is 179 cm³/mol. The van der Waals surface area contributed by atoms with Gasteiger partial charge in [-0.1, -0.05) is 36.9 Å². The maximum absolute atomic E-state index is 12.7. The summed E-state index contributed by atoms with van der Waals surface area (Å²) in [6.45, 7) is 10.7. The minimum Gasteiger partial charge on any atom is -0.473 e. The van der Waals surface area contributed by atoms with E-state index in [1.165, 1.54) is 40.9 Å². The van der Waals surface area contributed by atoms with Crippen LogP contribution in [0.3, 0.4) is 0 Å². The van der Waals surface area contributed by atoms with Crippen LogP contribution < -0.4 is 14.5 Å². The van der Waals surface area contributed by atoms with E-state index in [9.17, 15) is 15.3 Å². The lowest BCUT2D eigenvalue weighted by atomic mass is 9.95. The molecule has 3 aliphatic heterocycles. The van der Waals surface area contributed by atoms with E-state index >= 15 is 0 Å². The summed E-state index contributed by atoms with van der Waals surface area (Å²) in [6.07, 6.45) is 6.70. The van der Waals surface area contributed by atoms with Gasteiger partial charge in [-0.25, -0.2) is 4.98 Å². The number of carbonyl (C=O) groups excluding carboxylic acids is 1. The second-order valence-electron chi connectivity index (χ2n) is 13.1. The average molecular weight is 616 g/mol. The van der Waals surface area contributed by atoms with Crippen LogP contribution in [0.15, 0.2) is 49.1 Å². The summed E-state index contributed by atoms with van der Waals surface area (Å²) in [6, 6.07) is 18.1. The van der Waals surface area contributed by atoms with Crippen molar-refractivity contribution in [3.05, 3.63) is 71.4 Å². The minimum absolute atomic E-state index is 0.00862. The number of piperazine rings is 1. The largest absolute Gasteiger partial charge is 0.473 e. The van der Waals surface area contributed by atoms with E-state index in [2.05, 4.69) is 76.7 Å². The van der Waals surface area contributed by atoms with Gasteiger partial charge in [-0.15, -0.1) is 0 Å². The monoisotopic (exact) mass is 615 g/mol. The third-order valence-corrected chi connectivity index (χ3v) is 10.2. The number of rotatable bonds is 7. The van der Waals surface area contributed by atoms with Gasteiger partial charge < -0.3 is 24.3 Å². The van der Waals surface area contributed by atoms with Crippen LogP contribution in [0.25, 0.3) is 10.8 Å². The molecule has 0 N–H and O–H groups in total. The molecule has 1 aromatic heterocycles. The quantitative estimate of drug-likeness (QED) is 0.339. The molecule has 1 atom stereocenters. The first-order valence-corrected chi connectivity index (χ1v) is 16.6. The van der Waals surface area contributed by atoms with Gasteiger partial charge in [0.1, 0.15) is 17.7 Å². The van der Waals surface area contributed by atoms with Gasteiger partial charge in [-0.3, -0.25) is 4.79 Å². The zero-order chi connectivity index (χ0) is 31.8. The van der Waals surface area contributed by atoms with Crippen LogP contribution in [0.5, 0.6) is 5.88 Å². The highest BCUT2D eigenvalue weighted by Crippen LogP contribution is 2.41. The van der Waals surface area contributed by atoms with Crippen LogP contribution in [0, 0.1) is 29.6 Å². The maximum Gasteiger partial charge on any atom is 0.246 e. The molecule has 46 heavy (non-hydrogen) atoms. The molecule has 236 valence electrons. The van der Waals surface area contributed by atoms with Gasteiger partial charge in [0, 0.05) is 61.9 Å². The summed E-state index contributed by atoms with van der Waals surface area (Å²) in [5.41, 5.74) is 5.76. The summed E-state index contributed by atoms with van der Waals surface area (Å²) in [5.74, 6) is 0.248. The molecule has 0 radical (unpaired) electrons. The Hall–Kier alpha value is -4.60. The molecule has 0 bridgehead atoms. The Balaban J connectivity index is 1.26. The number of piperidine rings is 1. The molecule has 1 aliphatic carbocycles. The van der Waals surface area contributed by atoms with Gasteiger partial charge in [0.05, 0.1) is 36.5 Å². The second-order valence-corrected chi connectivity index (χ2v) is 13.1. The third kappa shape index (κ3) is 5.65. The van der Waals surface area contributed by atoms with Crippen LogP contribution in [0.4, 0.5) is 11.4 Å². The van der Waals surface area contributed by atoms with E-state index in [0.29, 0.717) is 37.6 Å². The molecule has 1 saturated carbocycles. The second kappa shape index (κ2) is 12.7. The van der Waals surface area contributed by atoms with Crippen molar-refractivity contribution < 1.29 is 9.53 Å². The summed E-state index contributed by atoms with van der Waals surface area (Å²) < 4.78 is 6.67. The smallest absolute Gasteiger partial charge is 0.246 e. The standard InChI is InChI=1S/C37H41N7O2/c1-3-34(45)44-21-20-43(23-28(44)12-16-38)36-30-15-19-42(33-9-5-8-26-7-4-6-25(2)35(26)33)24-32(30)40-37(31(36)22-39)46-29-13-17-41(18-14-29)27-10-11-27/h3-9,27-29H,1,10-15,17-21,23-24H2,2H3/t28-/m0/s1. The van der Waals surface area contributed by atoms with E-state index in [4.69, 9.17) is 9.72 Å². The SMILES string of the molecule is C=CC(=O)N1CCN(c2c(C#N)c(OC3CCN(C4CC4)CC3)nc3c2CCN(c2cccc4cccc(C)c24)C3)C[C@@H]1CC#N. The molecule has 4 aliphatic rings. The number of anilines is 2. The van der Waals surface area contributed by atoms with Gasteiger partial charge in [0.25, 0.3) is 0 Å². The molecular formula is C37H41N7O2. The summed E-state index contributed by atoms with van der Waals surface area (Å²) in [5, 5.41) is 22.8. The number of nitrogens with zero attached hydrogens (tertiary/aromatic N) is 7.